The number of hydrogen-bond donors (Lipinski definition) is 2. The van der Waals surface area contributed by atoms with Crippen molar-refractivity contribution in [2.24, 2.45) is 16.9 Å². The molecule has 0 aromatic carbocycles. The van der Waals surface area contributed by atoms with E-state index in [0.717, 1.165) is 12.8 Å². The molecular formula is C11H24N2O. The molecule has 0 radical (unpaired) electrons. The van der Waals surface area contributed by atoms with Crippen LogP contribution in [0, 0.1) is 5.41 Å². The monoisotopic (exact) mass is 200 g/mol. The first-order valence-corrected chi connectivity index (χ1v) is 5.67. The van der Waals surface area contributed by atoms with Crippen LogP contribution >= 0.6 is 0 Å². The summed E-state index contributed by atoms with van der Waals surface area (Å²) in [6.45, 7) is 4.61. The third-order valence-electron chi connectivity index (χ3n) is 2.90. The smallest absolute Gasteiger partial charge is 0.218 e. The molecule has 0 unspecified atom stereocenters. The summed E-state index contributed by atoms with van der Waals surface area (Å²) in [7, 11) is 0. The van der Waals surface area contributed by atoms with Gasteiger partial charge in [0.05, 0.1) is 0 Å². The van der Waals surface area contributed by atoms with E-state index in [0.29, 0.717) is 13.0 Å². The van der Waals surface area contributed by atoms with Crippen LogP contribution in [0.1, 0.15) is 52.4 Å². The number of hydrogen-bond acceptors (Lipinski definition) is 2. The molecule has 0 heterocycles. The standard InChI is InChI=1S/C9H18N2O.C2H6/c10-7-9(6-8(11)12)4-2-1-3-5-9;1-2/h1-7,10H2,(H2,11,12);1-2H3. The third kappa shape index (κ3) is 4.09. The number of rotatable bonds is 3. The Morgan fingerprint density at radius 1 is 1.21 bits per heavy atom. The lowest BCUT2D eigenvalue weighted by molar-refractivity contribution is -0.120. The molecule has 0 aromatic rings. The van der Waals surface area contributed by atoms with E-state index >= 15 is 0 Å². The first kappa shape index (κ1) is 13.4. The lowest BCUT2D eigenvalue weighted by atomic mass is 9.72. The summed E-state index contributed by atoms with van der Waals surface area (Å²) in [6.07, 6.45) is 6.30. The second kappa shape index (κ2) is 6.82. The van der Waals surface area contributed by atoms with Crippen LogP contribution in [0.3, 0.4) is 0 Å². The first-order valence-electron chi connectivity index (χ1n) is 5.67. The normalized spacial score (nSPS) is 19.4. The highest BCUT2D eigenvalue weighted by atomic mass is 16.1. The van der Waals surface area contributed by atoms with Gasteiger partial charge in [0.15, 0.2) is 0 Å². The van der Waals surface area contributed by atoms with Crippen LogP contribution in [0.4, 0.5) is 0 Å². The number of primary amides is 1. The fourth-order valence-corrected chi connectivity index (χ4v) is 2.12. The van der Waals surface area contributed by atoms with Crippen molar-refractivity contribution in [1.29, 1.82) is 0 Å². The number of carbonyl (C=O) groups excluding carboxylic acids is 1. The van der Waals surface area contributed by atoms with Gasteiger partial charge in [-0.05, 0) is 24.8 Å². The van der Waals surface area contributed by atoms with Crippen LogP contribution in [-0.2, 0) is 4.79 Å². The fourth-order valence-electron chi connectivity index (χ4n) is 2.12. The summed E-state index contributed by atoms with van der Waals surface area (Å²) in [4.78, 5) is 10.8. The van der Waals surface area contributed by atoms with E-state index in [9.17, 15) is 4.79 Å². The van der Waals surface area contributed by atoms with Crippen molar-refractivity contribution in [3.05, 3.63) is 0 Å². The predicted molar refractivity (Wildman–Crippen MR) is 59.7 cm³/mol. The zero-order chi connectivity index (χ0) is 11.0. The molecule has 84 valence electrons. The van der Waals surface area contributed by atoms with Gasteiger partial charge in [-0.1, -0.05) is 33.1 Å². The molecule has 4 N–H and O–H groups in total. The van der Waals surface area contributed by atoms with Crippen LogP contribution in [0.2, 0.25) is 0 Å². The summed E-state index contributed by atoms with van der Waals surface area (Å²) < 4.78 is 0. The highest BCUT2D eigenvalue weighted by Gasteiger charge is 2.31. The molecule has 14 heavy (non-hydrogen) atoms. The number of nitrogens with two attached hydrogens (primary N) is 2. The Morgan fingerprint density at radius 3 is 2.07 bits per heavy atom. The van der Waals surface area contributed by atoms with Crippen molar-refractivity contribution >= 4 is 5.91 Å². The van der Waals surface area contributed by atoms with Crippen LogP contribution in [0.25, 0.3) is 0 Å². The molecule has 0 atom stereocenters. The van der Waals surface area contributed by atoms with Crippen LogP contribution < -0.4 is 11.5 Å². The average molecular weight is 200 g/mol. The lowest BCUT2D eigenvalue weighted by Gasteiger charge is -2.35. The van der Waals surface area contributed by atoms with Crippen molar-refractivity contribution in [3.63, 3.8) is 0 Å². The van der Waals surface area contributed by atoms with Gasteiger partial charge in [0.25, 0.3) is 0 Å². The van der Waals surface area contributed by atoms with Gasteiger partial charge < -0.3 is 11.5 Å². The third-order valence-corrected chi connectivity index (χ3v) is 2.90. The molecule has 0 bridgehead atoms. The summed E-state index contributed by atoms with van der Waals surface area (Å²) in [5.41, 5.74) is 10.9. The van der Waals surface area contributed by atoms with Crippen molar-refractivity contribution in [1.82, 2.24) is 0 Å². The van der Waals surface area contributed by atoms with Gasteiger partial charge in [-0.15, -0.1) is 0 Å². The van der Waals surface area contributed by atoms with Crippen molar-refractivity contribution in [2.45, 2.75) is 52.4 Å². The fraction of sp³-hybridized carbons (Fsp3) is 0.909. The topological polar surface area (TPSA) is 69.1 Å². The molecule has 1 saturated carbocycles. The van der Waals surface area contributed by atoms with Gasteiger partial charge in [0.2, 0.25) is 5.91 Å². The quantitative estimate of drug-likeness (QED) is 0.729. The molecular weight excluding hydrogens is 176 g/mol. The van der Waals surface area contributed by atoms with Crippen molar-refractivity contribution < 1.29 is 4.79 Å². The molecule has 0 saturated heterocycles. The van der Waals surface area contributed by atoms with Gasteiger partial charge in [0.1, 0.15) is 0 Å². The maximum Gasteiger partial charge on any atom is 0.218 e. The predicted octanol–water partition coefficient (Wildman–Crippen LogP) is 1.80. The van der Waals surface area contributed by atoms with E-state index < -0.39 is 0 Å². The molecule has 0 aromatic heterocycles. The minimum atomic E-state index is -0.206. The molecule has 3 nitrogen and oxygen atoms in total. The SMILES string of the molecule is CC.NCC1(CC(N)=O)CCCCC1. The minimum Gasteiger partial charge on any atom is -0.370 e. The van der Waals surface area contributed by atoms with Crippen LogP contribution in [0.5, 0.6) is 0 Å². The Morgan fingerprint density at radius 2 is 1.71 bits per heavy atom. The molecule has 3 heteroatoms. The van der Waals surface area contributed by atoms with Gasteiger partial charge in [-0.3, -0.25) is 4.79 Å². The highest BCUT2D eigenvalue weighted by Crippen LogP contribution is 2.37. The Balaban J connectivity index is 0.000000791. The summed E-state index contributed by atoms with van der Waals surface area (Å²) in [6, 6.07) is 0. The van der Waals surface area contributed by atoms with E-state index in [1.54, 1.807) is 0 Å². The molecule has 1 fully saturated rings. The summed E-state index contributed by atoms with van der Waals surface area (Å²) >= 11 is 0. The maximum atomic E-state index is 10.8. The zero-order valence-corrected chi connectivity index (χ0v) is 9.51. The molecule has 1 aliphatic carbocycles. The second-order valence-electron chi connectivity index (χ2n) is 3.91. The van der Waals surface area contributed by atoms with E-state index in [-0.39, 0.29) is 11.3 Å². The van der Waals surface area contributed by atoms with E-state index in [4.69, 9.17) is 11.5 Å². The van der Waals surface area contributed by atoms with E-state index in [1.807, 2.05) is 13.8 Å². The maximum absolute atomic E-state index is 10.8. The summed E-state index contributed by atoms with van der Waals surface area (Å²) in [5, 5.41) is 0. The molecule has 1 rings (SSSR count). The second-order valence-corrected chi connectivity index (χ2v) is 3.91. The molecule has 1 aliphatic rings. The number of carbonyl (C=O) groups is 1. The van der Waals surface area contributed by atoms with Crippen LogP contribution in [-0.4, -0.2) is 12.5 Å². The zero-order valence-electron chi connectivity index (χ0n) is 9.51. The Labute approximate surface area is 87.2 Å². The van der Waals surface area contributed by atoms with Crippen molar-refractivity contribution in [3.8, 4) is 0 Å². The lowest BCUT2D eigenvalue weighted by Crippen LogP contribution is -2.36. The van der Waals surface area contributed by atoms with Gasteiger partial charge in [-0.2, -0.15) is 0 Å². The Kier molecular flexibility index (Phi) is 6.54. The van der Waals surface area contributed by atoms with Crippen molar-refractivity contribution in [2.75, 3.05) is 6.54 Å². The summed E-state index contributed by atoms with van der Waals surface area (Å²) in [5.74, 6) is -0.206. The van der Waals surface area contributed by atoms with Gasteiger partial charge in [-0.25, -0.2) is 0 Å². The van der Waals surface area contributed by atoms with Gasteiger partial charge >= 0.3 is 0 Å². The minimum absolute atomic E-state index is 0.0457. The number of amides is 1. The first-order chi connectivity index (χ1) is 6.68. The Bertz CT molecular complexity index is 163. The molecule has 0 spiro atoms. The van der Waals surface area contributed by atoms with Crippen LogP contribution in [0.15, 0.2) is 0 Å². The average Bonchev–Trinajstić information content (AvgIpc) is 2.21. The van der Waals surface area contributed by atoms with E-state index in [2.05, 4.69) is 0 Å². The highest BCUT2D eigenvalue weighted by molar-refractivity contribution is 5.74. The van der Waals surface area contributed by atoms with Gasteiger partial charge in [0, 0.05) is 6.42 Å². The molecule has 1 amide bonds. The largest absolute Gasteiger partial charge is 0.370 e. The Hall–Kier alpha value is -0.570. The molecule has 0 aliphatic heterocycles. The van der Waals surface area contributed by atoms with E-state index in [1.165, 1.54) is 19.3 Å².